The van der Waals surface area contributed by atoms with Gasteiger partial charge >= 0.3 is 12.1 Å². The van der Waals surface area contributed by atoms with Crippen molar-refractivity contribution in [1.29, 1.82) is 0 Å². The minimum absolute atomic E-state index is 0.0296. The minimum atomic E-state index is -4.58. The first-order valence-corrected chi connectivity index (χ1v) is 16.2. The number of nitrogens with zero attached hydrogens (tertiary/aromatic N) is 2. The van der Waals surface area contributed by atoms with Gasteiger partial charge < -0.3 is 31.4 Å². The third kappa shape index (κ3) is 7.22. The SMILES string of the molecule is Cc1c(C(=O)O)c(C)n(C(CC(N)=O)N2CCCC2)c1C=C1C(=O)Nc2cc(Nc3cccc(NC(=O)c4cccc(C(F)(F)F)c4)c3)ccc21. The van der Waals surface area contributed by atoms with E-state index in [0.717, 1.165) is 38.1 Å². The standard InChI is InChI=1S/C37H35F3N6O5/c1-20-30(46(21(2)33(20)36(50)51)32(19-31(41)47)45-13-3-4-14-45)18-28-27-12-11-26(17-29(27)44-35(28)49)42-24-9-6-10-25(16-24)43-34(48)22-7-5-8-23(15-22)37(38,39)40/h5-12,15-18,32,42H,3-4,13-14,19H2,1-2H3,(H2,41,47)(H,43,48)(H,44,49)(H,50,51). The van der Waals surface area contributed by atoms with Crippen molar-refractivity contribution in [3.05, 3.63) is 106 Å². The predicted octanol–water partition coefficient (Wildman–Crippen LogP) is 6.78. The van der Waals surface area contributed by atoms with E-state index >= 15 is 0 Å². The summed E-state index contributed by atoms with van der Waals surface area (Å²) in [5, 5.41) is 18.8. The summed E-state index contributed by atoms with van der Waals surface area (Å²) in [4.78, 5) is 52.8. The van der Waals surface area contributed by atoms with Gasteiger partial charge in [0, 0.05) is 52.7 Å². The number of nitrogens with one attached hydrogen (secondary N) is 3. The molecule has 3 amide bonds. The van der Waals surface area contributed by atoms with Crippen LogP contribution < -0.4 is 21.7 Å². The zero-order valence-corrected chi connectivity index (χ0v) is 27.7. The van der Waals surface area contributed by atoms with Crippen LogP contribution >= 0.6 is 0 Å². The smallest absolute Gasteiger partial charge is 0.416 e. The van der Waals surface area contributed by atoms with Crippen LogP contribution in [-0.2, 0) is 15.8 Å². The van der Waals surface area contributed by atoms with Gasteiger partial charge in [0.1, 0.15) is 0 Å². The number of carboxylic acids is 1. The summed E-state index contributed by atoms with van der Waals surface area (Å²) in [5.74, 6) is -2.74. The number of hydrogen-bond acceptors (Lipinski definition) is 6. The molecule has 1 unspecified atom stereocenters. The number of carbonyl (C=O) groups is 4. The van der Waals surface area contributed by atoms with Crippen LogP contribution in [0.4, 0.5) is 35.9 Å². The van der Waals surface area contributed by atoms with E-state index in [1.54, 1.807) is 62.4 Å². The Kier molecular flexibility index (Phi) is 9.45. The zero-order chi connectivity index (χ0) is 36.6. The molecule has 0 aliphatic carbocycles. The number of primary amides is 1. The fourth-order valence-corrected chi connectivity index (χ4v) is 6.80. The van der Waals surface area contributed by atoms with E-state index in [-0.39, 0.29) is 17.5 Å². The molecule has 1 saturated heterocycles. The number of rotatable bonds is 10. The van der Waals surface area contributed by atoms with Crippen molar-refractivity contribution in [1.82, 2.24) is 9.47 Å². The number of aromatic carboxylic acids is 1. The predicted molar refractivity (Wildman–Crippen MR) is 187 cm³/mol. The number of alkyl halides is 3. The molecule has 14 heteroatoms. The van der Waals surface area contributed by atoms with Gasteiger partial charge in [-0.15, -0.1) is 0 Å². The number of benzene rings is 3. The van der Waals surface area contributed by atoms with E-state index < -0.39 is 41.6 Å². The summed E-state index contributed by atoms with van der Waals surface area (Å²) < 4.78 is 41.2. The summed E-state index contributed by atoms with van der Waals surface area (Å²) in [6.45, 7) is 4.81. The quantitative estimate of drug-likeness (QED) is 0.114. The fourth-order valence-electron chi connectivity index (χ4n) is 6.80. The Balaban J connectivity index is 1.27. The number of carboxylic acid groups (broad SMARTS) is 1. The molecule has 3 aromatic carbocycles. The molecule has 6 N–H and O–H groups in total. The van der Waals surface area contributed by atoms with E-state index in [4.69, 9.17) is 5.73 Å². The molecule has 3 heterocycles. The van der Waals surface area contributed by atoms with Crippen LogP contribution in [0.1, 0.15) is 74.2 Å². The topological polar surface area (TPSA) is 159 Å². The van der Waals surface area contributed by atoms with Crippen LogP contribution in [-0.4, -0.2) is 51.4 Å². The van der Waals surface area contributed by atoms with Crippen LogP contribution in [0.2, 0.25) is 0 Å². The Morgan fingerprint density at radius 3 is 2.35 bits per heavy atom. The minimum Gasteiger partial charge on any atom is -0.478 e. The third-order valence-electron chi connectivity index (χ3n) is 9.14. The van der Waals surface area contributed by atoms with Gasteiger partial charge in [0.2, 0.25) is 5.91 Å². The average molecular weight is 701 g/mol. The molecule has 11 nitrogen and oxygen atoms in total. The Morgan fingerprint density at radius 1 is 0.980 bits per heavy atom. The summed E-state index contributed by atoms with van der Waals surface area (Å²) in [6, 6.07) is 16.0. The van der Waals surface area contributed by atoms with E-state index in [1.165, 1.54) is 12.1 Å². The Bertz CT molecular complexity index is 2100. The highest BCUT2D eigenvalue weighted by Gasteiger charge is 2.33. The number of nitrogens with two attached hydrogens (primary N) is 1. The van der Waals surface area contributed by atoms with Gasteiger partial charge in [0.25, 0.3) is 11.8 Å². The van der Waals surface area contributed by atoms with Crippen molar-refractivity contribution in [2.45, 2.75) is 45.5 Å². The fraction of sp³-hybridized carbons (Fsp3) is 0.243. The number of anilines is 4. The van der Waals surface area contributed by atoms with Gasteiger partial charge in [-0.3, -0.25) is 19.3 Å². The summed E-state index contributed by atoms with van der Waals surface area (Å²) in [6.07, 6.45) is -1.61. The first kappa shape index (κ1) is 35.0. The highest BCUT2D eigenvalue weighted by Crippen LogP contribution is 2.39. The molecule has 4 aromatic rings. The zero-order valence-electron chi connectivity index (χ0n) is 27.7. The van der Waals surface area contributed by atoms with Gasteiger partial charge in [0.15, 0.2) is 0 Å². The molecule has 6 rings (SSSR count). The second-order valence-electron chi connectivity index (χ2n) is 12.6. The number of likely N-dealkylation sites (tertiary alicyclic amines) is 1. The second-order valence-corrected chi connectivity index (χ2v) is 12.6. The molecule has 0 spiro atoms. The summed E-state index contributed by atoms with van der Waals surface area (Å²) in [7, 11) is 0. The molecular formula is C37H35F3N6O5. The molecule has 1 fully saturated rings. The molecule has 2 aliphatic heterocycles. The number of carbonyl (C=O) groups excluding carboxylic acids is 3. The van der Waals surface area contributed by atoms with Crippen molar-refractivity contribution in [3.63, 3.8) is 0 Å². The largest absolute Gasteiger partial charge is 0.478 e. The molecule has 51 heavy (non-hydrogen) atoms. The van der Waals surface area contributed by atoms with Crippen molar-refractivity contribution in [3.8, 4) is 0 Å². The number of hydrogen-bond donors (Lipinski definition) is 5. The summed E-state index contributed by atoms with van der Waals surface area (Å²) in [5.41, 5.74) is 9.00. The number of fused-ring (bicyclic) bond motifs is 1. The van der Waals surface area contributed by atoms with Crippen LogP contribution in [0, 0.1) is 13.8 Å². The van der Waals surface area contributed by atoms with Gasteiger partial charge in [-0.25, -0.2) is 4.79 Å². The van der Waals surface area contributed by atoms with Crippen LogP contribution in [0.5, 0.6) is 0 Å². The number of amides is 3. The lowest BCUT2D eigenvalue weighted by atomic mass is 10.0. The van der Waals surface area contributed by atoms with Crippen molar-refractivity contribution in [2.75, 3.05) is 29.0 Å². The highest BCUT2D eigenvalue weighted by atomic mass is 19.4. The lowest BCUT2D eigenvalue weighted by molar-refractivity contribution is -0.137. The molecule has 0 saturated carbocycles. The average Bonchev–Trinajstić information content (AvgIpc) is 3.77. The first-order valence-electron chi connectivity index (χ1n) is 16.2. The molecule has 1 atom stereocenters. The Hall–Kier alpha value is -5.89. The maximum Gasteiger partial charge on any atom is 0.416 e. The molecule has 0 bridgehead atoms. The normalized spacial score (nSPS) is 15.8. The molecule has 0 radical (unpaired) electrons. The lowest BCUT2D eigenvalue weighted by Gasteiger charge is -2.30. The lowest BCUT2D eigenvalue weighted by Crippen LogP contribution is -2.35. The van der Waals surface area contributed by atoms with Crippen molar-refractivity contribution < 1.29 is 37.5 Å². The highest BCUT2D eigenvalue weighted by molar-refractivity contribution is 6.35. The monoisotopic (exact) mass is 700 g/mol. The molecule has 2 aliphatic rings. The van der Waals surface area contributed by atoms with Gasteiger partial charge in [-0.1, -0.05) is 18.2 Å². The van der Waals surface area contributed by atoms with Gasteiger partial charge in [-0.2, -0.15) is 13.2 Å². The Morgan fingerprint density at radius 2 is 1.67 bits per heavy atom. The van der Waals surface area contributed by atoms with Gasteiger partial charge in [-0.05, 0) is 86.9 Å². The van der Waals surface area contributed by atoms with E-state index in [0.29, 0.717) is 50.8 Å². The van der Waals surface area contributed by atoms with E-state index in [9.17, 15) is 37.5 Å². The second kappa shape index (κ2) is 13.8. The number of halogens is 3. The molecule has 1 aromatic heterocycles. The third-order valence-corrected chi connectivity index (χ3v) is 9.14. The van der Waals surface area contributed by atoms with Crippen molar-refractivity contribution in [2.24, 2.45) is 5.73 Å². The summed E-state index contributed by atoms with van der Waals surface area (Å²) >= 11 is 0. The van der Waals surface area contributed by atoms with Crippen LogP contribution in [0.25, 0.3) is 11.6 Å². The Labute approximate surface area is 290 Å². The maximum absolute atomic E-state index is 13.4. The van der Waals surface area contributed by atoms with Crippen LogP contribution in [0.3, 0.4) is 0 Å². The van der Waals surface area contributed by atoms with Crippen LogP contribution in [0.15, 0.2) is 66.7 Å². The van der Waals surface area contributed by atoms with Gasteiger partial charge in [0.05, 0.1) is 35.0 Å². The maximum atomic E-state index is 13.4. The first-order chi connectivity index (χ1) is 24.2. The van der Waals surface area contributed by atoms with E-state index in [1.807, 2.05) is 4.57 Å². The van der Waals surface area contributed by atoms with Crippen molar-refractivity contribution >= 4 is 58.1 Å². The molecule has 264 valence electrons. The number of aromatic nitrogens is 1. The van der Waals surface area contributed by atoms with E-state index in [2.05, 4.69) is 20.9 Å². The molecular weight excluding hydrogens is 665 g/mol.